The Bertz CT molecular complexity index is 546. The minimum absolute atomic E-state index is 0.00721. The van der Waals surface area contributed by atoms with Crippen LogP contribution in [0.1, 0.15) is 18.4 Å². The number of nitrogens with zero attached hydrogens (tertiary/aromatic N) is 1. The van der Waals surface area contributed by atoms with Crippen LogP contribution in [0.2, 0.25) is 0 Å². The van der Waals surface area contributed by atoms with E-state index in [4.69, 9.17) is 9.84 Å². The lowest BCUT2D eigenvalue weighted by atomic mass is 9.97. The molecule has 2 rings (SSSR count). The zero-order valence-corrected chi connectivity index (χ0v) is 11.8. The van der Waals surface area contributed by atoms with Crippen molar-refractivity contribution in [2.45, 2.75) is 19.3 Å². The fourth-order valence-corrected chi connectivity index (χ4v) is 2.57. The number of ether oxygens (including phenoxy) is 1. The summed E-state index contributed by atoms with van der Waals surface area (Å²) in [7, 11) is 1.46. The number of methoxy groups -OCH3 is 1. The number of hydrogen-bond acceptors (Lipinski definition) is 3. The van der Waals surface area contributed by atoms with E-state index >= 15 is 0 Å². The second-order valence-corrected chi connectivity index (χ2v) is 5.15. The normalized spacial score (nSPS) is 18.4. The Kier molecular flexibility index (Phi) is 4.77. The van der Waals surface area contributed by atoms with Crippen LogP contribution in [0.3, 0.4) is 0 Å². The van der Waals surface area contributed by atoms with Gasteiger partial charge >= 0.3 is 5.97 Å². The highest BCUT2D eigenvalue weighted by molar-refractivity contribution is 5.80. The van der Waals surface area contributed by atoms with Crippen LogP contribution in [0.4, 0.5) is 4.39 Å². The first-order valence-electron chi connectivity index (χ1n) is 6.84. The van der Waals surface area contributed by atoms with Crippen LogP contribution in [0, 0.1) is 11.7 Å². The average Bonchev–Trinajstić information content (AvgIpc) is 2.47. The molecule has 5 nitrogen and oxygen atoms in total. The predicted molar refractivity (Wildman–Crippen MR) is 73.6 cm³/mol. The van der Waals surface area contributed by atoms with Crippen molar-refractivity contribution in [2.75, 3.05) is 20.2 Å². The summed E-state index contributed by atoms with van der Waals surface area (Å²) in [6, 6.07) is 4.03. The van der Waals surface area contributed by atoms with E-state index in [0.717, 1.165) is 0 Å². The topological polar surface area (TPSA) is 66.8 Å². The van der Waals surface area contributed by atoms with Crippen molar-refractivity contribution in [3.05, 3.63) is 29.6 Å². The summed E-state index contributed by atoms with van der Waals surface area (Å²) in [4.78, 5) is 24.8. The third kappa shape index (κ3) is 3.71. The maximum Gasteiger partial charge on any atom is 0.308 e. The van der Waals surface area contributed by atoms with Gasteiger partial charge in [-0.2, -0.15) is 0 Å². The molecule has 1 N–H and O–H groups in total. The van der Waals surface area contributed by atoms with Gasteiger partial charge in [0.15, 0.2) is 0 Å². The van der Waals surface area contributed by atoms with E-state index in [1.165, 1.54) is 30.2 Å². The van der Waals surface area contributed by atoms with Gasteiger partial charge in [0.2, 0.25) is 5.91 Å². The number of likely N-dealkylation sites (tertiary alicyclic amines) is 1. The van der Waals surface area contributed by atoms with Crippen LogP contribution in [0.15, 0.2) is 18.2 Å². The van der Waals surface area contributed by atoms with Crippen LogP contribution in [-0.2, 0) is 16.0 Å². The van der Waals surface area contributed by atoms with Gasteiger partial charge in [-0.3, -0.25) is 9.59 Å². The molecule has 0 radical (unpaired) electrons. The third-order valence-corrected chi connectivity index (χ3v) is 3.71. The number of hydrogen-bond donors (Lipinski definition) is 1. The van der Waals surface area contributed by atoms with Gasteiger partial charge in [-0.25, -0.2) is 4.39 Å². The van der Waals surface area contributed by atoms with Crippen molar-refractivity contribution < 1.29 is 23.8 Å². The summed E-state index contributed by atoms with van der Waals surface area (Å²) >= 11 is 0. The van der Waals surface area contributed by atoms with Crippen LogP contribution in [0.5, 0.6) is 5.75 Å². The lowest BCUT2D eigenvalue weighted by Gasteiger charge is -2.31. The smallest absolute Gasteiger partial charge is 0.308 e. The molecule has 0 aromatic heterocycles. The molecule has 0 saturated carbocycles. The molecule has 1 fully saturated rings. The van der Waals surface area contributed by atoms with E-state index in [9.17, 15) is 14.0 Å². The monoisotopic (exact) mass is 295 g/mol. The highest BCUT2D eigenvalue weighted by atomic mass is 19.1. The highest BCUT2D eigenvalue weighted by Gasteiger charge is 2.28. The number of halogens is 1. The zero-order chi connectivity index (χ0) is 15.4. The number of rotatable bonds is 4. The van der Waals surface area contributed by atoms with E-state index in [-0.39, 0.29) is 18.9 Å². The summed E-state index contributed by atoms with van der Waals surface area (Å²) in [5, 5.41) is 9.04. The Labute approximate surface area is 122 Å². The van der Waals surface area contributed by atoms with Gasteiger partial charge in [0.25, 0.3) is 0 Å². The summed E-state index contributed by atoms with van der Waals surface area (Å²) in [6.07, 6.45) is 1.26. The van der Waals surface area contributed by atoms with Gasteiger partial charge in [-0.05, 0) is 31.0 Å². The summed E-state index contributed by atoms with van der Waals surface area (Å²) in [6.45, 7) is 0.756. The fraction of sp³-hybridized carbons (Fsp3) is 0.467. The Morgan fingerprint density at radius 2 is 2.24 bits per heavy atom. The van der Waals surface area contributed by atoms with Crippen molar-refractivity contribution in [3.8, 4) is 5.75 Å². The molecular weight excluding hydrogens is 277 g/mol. The second kappa shape index (κ2) is 6.56. The molecule has 1 aliphatic rings. The summed E-state index contributed by atoms with van der Waals surface area (Å²) in [5.74, 6) is -1.57. The van der Waals surface area contributed by atoms with Crippen LogP contribution >= 0.6 is 0 Å². The lowest BCUT2D eigenvalue weighted by molar-refractivity contribution is -0.145. The van der Waals surface area contributed by atoms with Crippen LogP contribution < -0.4 is 4.74 Å². The highest BCUT2D eigenvalue weighted by Crippen LogP contribution is 2.22. The van der Waals surface area contributed by atoms with Crippen LogP contribution in [-0.4, -0.2) is 42.1 Å². The molecule has 1 atom stereocenters. The molecule has 1 heterocycles. The SMILES string of the molecule is COc1ccc(F)cc1CC(=O)N1CCC[C@H](C(=O)O)C1. The molecule has 0 unspecified atom stereocenters. The van der Waals surface area contributed by atoms with E-state index < -0.39 is 17.7 Å². The number of carboxylic acid groups (broad SMARTS) is 1. The number of benzene rings is 1. The molecule has 114 valence electrons. The Morgan fingerprint density at radius 3 is 2.90 bits per heavy atom. The molecule has 0 bridgehead atoms. The molecule has 21 heavy (non-hydrogen) atoms. The Hall–Kier alpha value is -2.11. The predicted octanol–water partition coefficient (Wildman–Crippen LogP) is 1.70. The number of aliphatic carboxylic acids is 1. The van der Waals surface area contributed by atoms with Gasteiger partial charge in [-0.15, -0.1) is 0 Å². The fourth-order valence-electron chi connectivity index (χ4n) is 2.57. The molecule has 1 aliphatic heterocycles. The van der Waals surface area contributed by atoms with Crippen molar-refractivity contribution >= 4 is 11.9 Å². The average molecular weight is 295 g/mol. The van der Waals surface area contributed by atoms with Crippen LogP contribution in [0.25, 0.3) is 0 Å². The van der Waals surface area contributed by atoms with Gasteiger partial charge in [0.05, 0.1) is 19.4 Å². The first-order chi connectivity index (χ1) is 10.0. The minimum Gasteiger partial charge on any atom is -0.496 e. The molecule has 1 aromatic rings. The van der Waals surface area contributed by atoms with E-state index in [2.05, 4.69) is 0 Å². The summed E-state index contributed by atoms with van der Waals surface area (Å²) in [5.41, 5.74) is 0.472. The number of carboxylic acids is 1. The van der Waals surface area contributed by atoms with Crippen molar-refractivity contribution in [1.29, 1.82) is 0 Å². The standard InChI is InChI=1S/C15H18FNO4/c1-21-13-5-4-12(16)7-11(13)8-14(18)17-6-2-3-10(9-17)15(19)20/h4-5,7,10H,2-3,6,8-9H2,1H3,(H,19,20)/t10-/m0/s1. The molecule has 6 heteroatoms. The molecule has 0 aliphatic carbocycles. The zero-order valence-electron chi connectivity index (χ0n) is 11.8. The summed E-state index contributed by atoms with van der Waals surface area (Å²) < 4.78 is 18.4. The number of carbonyl (C=O) groups excluding carboxylic acids is 1. The van der Waals surface area contributed by atoms with Gasteiger partial charge in [-0.1, -0.05) is 0 Å². The van der Waals surface area contributed by atoms with Crippen molar-refractivity contribution in [3.63, 3.8) is 0 Å². The Balaban J connectivity index is 2.07. The van der Waals surface area contributed by atoms with Crippen molar-refractivity contribution in [1.82, 2.24) is 4.90 Å². The van der Waals surface area contributed by atoms with E-state index in [1.807, 2.05) is 0 Å². The number of carbonyl (C=O) groups is 2. The maximum atomic E-state index is 13.3. The molecular formula is C15H18FNO4. The lowest BCUT2D eigenvalue weighted by Crippen LogP contribution is -2.43. The number of piperidine rings is 1. The first kappa shape index (κ1) is 15.3. The molecule has 0 spiro atoms. The van der Waals surface area contributed by atoms with E-state index in [1.54, 1.807) is 0 Å². The second-order valence-electron chi connectivity index (χ2n) is 5.15. The van der Waals surface area contributed by atoms with Gasteiger partial charge in [0, 0.05) is 18.7 Å². The van der Waals surface area contributed by atoms with Crippen molar-refractivity contribution in [2.24, 2.45) is 5.92 Å². The van der Waals surface area contributed by atoms with Gasteiger partial charge < -0.3 is 14.7 Å². The largest absolute Gasteiger partial charge is 0.496 e. The maximum absolute atomic E-state index is 13.3. The quantitative estimate of drug-likeness (QED) is 0.918. The Morgan fingerprint density at radius 1 is 1.48 bits per heavy atom. The first-order valence-corrected chi connectivity index (χ1v) is 6.84. The number of amides is 1. The molecule has 1 amide bonds. The minimum atomic E-state index is -0.879. The third-order valence-electron chi connectivity index (χ3n) is 3.71. The molecule has 1 aromatic carbocycles. The molecule has 1 saturated heterocycles. The van der Waals surface area contributed by atoms with Gasteiger partial charge in [0.1, 0.15) is 11.6 Å². The van der Waals surface area contributed by atoms with E-state index in [0.29, 0.717) is 30.7 Å².